The molecule has 3 aromatic rings. The molecule has 0 fully saturated rings. The molecular formula is C18H16Cl2N4O2S. The molecular weight excluding hydrogens is 407 g/mol. The van der Waals surface area contributed by atoms with Gasteiger partial charge in [-0.3, -0.25) is 9.36 Å². The Labute approximate surface area is 170 Å². The number of nitrogens with zero attached hydrogens (tertiary/aromatic N) is 3. The van der Waals surface area contributed by atoms with Crippen LogP contribution in [-0.4, -0.2) is 33.5 Å². The maximum Gasteiger partial charge on any atom is 0.218 e. The molecule has 0 unspecified atom stereocenters. The van der Waals surface area contributed by atoms with Crippen LogP contribution in [0, 0.1) is 0 Å². The smallest absolute Gasteiger partial charge is 0.218 e. The number of hydrogen-bond donors (Lipinski definition) is 1. The minimum Gasteiger partial charge on any atom is -0.495 e. The molecule has 9 heteroatoms. The van der Waals surface area contributed by atoms with E-state index in [2.05, 4.69) is 10.2 Å². The first-order valence-corrected chi connectivity index (χ1v) is 9.70. The molecule has 1 amide bonds. The van der Waals surface area contributed by atoms with Gasteiger partial charge in [0, 0.05) is 27.8 Å². The van der Waals surface area contributed by atoms with Gasteiger partial charge < -0.3 is 10.5 Å². The fourth-order valence-electron chi connectivity index (χ4n) is 2.48. The van der Waals surface area contributed by atoms with E-state index in [0.29, 0.717) is 38.2 Å². The number of primary amides is 1. The molecule has 1 heterocycles. The molecule has 2 N–H and O–H groups in total. The Hall–Kier alpha value is -2.22. The van der Waals surface area contributed by atoms with Gasteiger partial charge in [-0.1, -0.05) is 47.1 Å². The monoisotopic (exact) mass is 422 g/mol. The van der Waals surface area contributed by atoms with Crippen molar-refractivity contribution in [2.45, 2.75) is 11.6 Å². The molecule has 0 radical (unpaired) electrons. The van der Waals surface area contributed by atoms with Crippen LogP contribution in [0.25, 0.3) is 17.1 Å². The molecule has 6 nitrogen and oxygen atoms in total. The second-order valence-corrected chi connectivity index (χ2v) is 7.47. The number of carbonyl (C=O) groups excluding carboxylic acids is 1. The van der Waals surface area contributed by atoms with E-state index in [1.54, 1.807) is 37.4 Å². The second-order valence-electron chi connectivity index (χ2n) is 5.53. The lowest BCUT2D eigenvalue weighted by molar-refractivity contribution is -0.117. The van der Waals surface area contributed by atoms with Crippen molar-refractivity contribution in [1.82, 2.24) is 14.8 Å². The van der Waals surface area contributed by atoms with Crippen LogP contribution in [0.5, 0.6) is 5.75 Å². The summed E-state index contributed by atoms with van der Waals surface area (Å²) in [7, 11) is 1.58. The Balaban J connectivity index is 2.14. The number of benzene rings is 2. The zero-order valence-electron chi connectivity index (χ0n) is 14.4. The highest BCUT2D eigenvalue weighted by molar-refractivity contribution is 7.99. The Morgan fingerprint density at radius 2 is 1.96 bits per heavy atom. The summed E-state index contributed by atoms with van der Waals surface area (Å²) >= 11 is 13.7. The number of methoxy groups -OCH3 is 1. The predicted molar refractivity (Wildman–Crippen MR) is 108 cm³/mol. The molecule has 0 saturated heterocycles. The topological polar surface area (TPSA) is 83.0 Å². The fourth-order valence-corrected chi connectivity index (χ4v) is 3.73. The van der Waals surface area contributed by atoms with E-state index in [0.717, 1.165) is 5.56 Å². The summed E-state index contributed by atoms with van der Waals surface area (Å²) in [5, 5.41) is 10.3. The Bertz CT molecular complexity index is 978. The maximum absolute atomic E-state index is 11.1. The zero-order valence-corrected chi connectivity index (χ0v) is 16.7. The van der Waals surface area contributed by atoms with E-state index in [4.69, 9.17) is 33.7 Å². The lowest BCUT2D eigenvalue weighted by atomic mass is 10.2. The Kier molecular flexibility index (Phi) is 6.26. The first-order valence-electron chi connectivity index (χ1n) is 7.96. The van der Waals surface area contributed by atoms with Crippen molar-refractivity contribution in [1.29, 1.82) is 0 Å². The lowest BCUT2D eigenvalue weighted by Crippen LogP contribution is -2.11. The number of hydrogen-bond acceptors (Lipinski definition) is 5. The van der Waals surface area contributed by atoms with Crippen LogP contribution in [-0.2, 0) is 4.79 Å². The molecule has 0 bridgehead atoms. The molecule has 1 aromatic heterocycles. The summed E-state index contributed by atoms with van der Waals surface area (Å²) in [5.41, 5.74) is 6.71. The number of halogens is 2. The third-order valence-corrected chi connectivity index (χ3v) is 5.08. The highest BCUT2D eigenvalue weighted by Crippen LogP contribution is 2.34. The molecule has 0 saturated carbocycles. The largest absolute Gasteiger partial charge is 0.495 e. The van der Waals surface area contributed by atoms with Crippen molar-refractivity contribution in [2.24, 2.45) is 5.73 Å². The van der Waals surface area contributed by atoms with Crippen LogP contribution >= 0.6 is 35.0 Å². The molecule has 0 aliphatic carbocycles. The van der Waals surface area contributed by atoms with Gasteiger partial charge >= 0.3 is 0 Å². The number of amides is 1. The van der Waals surface area contributed by atoms with Gasteiger partial charge in [0.2, 0.25) is 5.91 Å². The number of aromatic nitrogens is 3. The van der Waals surface area contributed by atoms with Gasteiger partial charge in [-0.2, -0.15) is 0 Å². The summed E-state index contributed by atoms with van der Waals surface area (Å²) in [5.74, 6) is 1.30. The molecule has 2 aromatic carbocycles. The molecule has 3 rings (SSSR count). The van der Waals surface area contributed by atoms with Gasteiger partial charge in [0.15, 0.2) is 11.0 Å². The summed E-state index contributed by atoms with van der Waals surface area (Å²) in [4.78, 5) is 11.1. The second kappa shape index (κ2) is 8.65. The predicted octanol–water partition coefficient (Wildman–Crippen LogP) is 4.22. The molecule has 27 heavy (non-hydrogen) atoms. The number of nitrogens with two attached hydrogens (primary N) is 1. The van der Waals surface area contributed by atoms with Gasteiger partial charge in [0.1, 0.15) is 5.75 Å². The quantitative estimate of drug-likeness (QED) is 0.576. The SMILES string of the molecule is COc1ccc(Cl)cc1-n1c(SCCC(N)=O)nnc1-c1cccc(Cl)c1. The first kappa shape index (κ1) is 19.5. The average Bonchev–Trinajstić information content (AvgIpc) is 3.05. The summed E-state index contributed by atoms with van der Waals surface area (Å²) in [6.07, 6.45) is 0.233. The van der Waals surface area contributed by atoms with Gasteiger partial charge in [0.05, 0.1) is 12.8 Å². The highest BCUT2D eigenvalue weighted by atomic mass is 35.5. The third-order valence-electron chi connectivity index (χ3n) is 3.68. The summed E-state index contributed by atoms with van der Waals surface area (Å²) < 4.78 is 7.33. The molecule has 0 aliphatic heterocycles. The van der Waals surface area contributed by atoms with Crippen LogP contribution < -0.4 is 10.5 Å². The van der Waals surface area contributed by atoms with Gasteiger partial charge in [-0.25, -0.2) is 0 Å². The van der Waals surface area contributed by atoms with E-state index in [1.165, 1.54) is 11.8 Å². The normalized spacial score (nSPS) is 10.8. The van der Waals surface area contributed by atoms with Crippen molar-refractivity contribution in [3.8, 4) is 22.8 Å². The molecule has 0 aliphatic rings. The van der Waals surface area contributed by atoms with E-state index in [9.17, 15) is 4.79 Å². The highest BCUT2D eigenvalue weighted by Gasteiger charge is 2.19. The van der Waals surface area contributed by atoms with Gasteiger partial charge in [0.25, 0.3) is 0 Å². The standard InChI is InChI=1S/C18H16Cl2N4O2S/c1-26-15-6-5-13(20)10-14(15)24-17(11-3-2-4-12(19)9-11)22-23-18(24)27-8-7-16(21)25/h2-6,9-10H,7-8H2,1H3,(H2,21,25). The van der Waals surface area contributed by atoms with Gasteiger partial charge in [-0.05, 0) is 30.3 Å². The Morgan fingerprint density at radius 3 is 2.67 bits per heavy atom. The van der Waals surface area contributed by atoms with Crippen LogP contribution in [0.3, 0.4) is 0 Å². The fraction of sp³-hybridized carbons (Fsp3) is 0.167. The average molecular weight is 423 g/mol. The number of thioether (sulfide) groups is 1. The van der Waals surface area contributed by atoms with Crippen molar-refractivity contribution >= 4 is 40.9 Å². The van der Waals surface area contributed by atoms with Crippen molar-refractivity contribution < 1.29 is 9.53 Å². The van der Waals surface area contributed by atoms with Crippen LogP contribution in [0.2, 0.25) is 10.0 Å². The molecule has 0 spiro atoms. The molecule has 0 atom stereocenters. The maximum atomic E-state index is 11.1. The number of rotatable bonds is 7. The van der Waals surface area contributed by atoms with E-state index < -0.39 is 0 Å². The van der Waals surface area contributed by atoms with E-state index in [1.807, 2.05) is 16.7 Å². The number of ether oxygens (including phenoxy) is 1. The van der Waals surface area contributed by atoms with Crippen LogP contribution in [0.4, 0.5) is 0 Å². The van der Waals surface area contributed by atoms with Crippen molar-refractivity contribution in [3.05, 3.63) is 52.5 Å². The van der Waals surface area contributed by atoms with Crippen molar-refractivity contribution in [3.63, 3.8) is 0 Å². The first-order chi connectivity index (χ1) is 13.0. The van der Waals surface area contributed by atoms with Crippen molar-refractivity contribution in [2.75, 3.05) is 12.9 Å². The third kappa shape index (κ3) is 4.55. The molecule has 140 valence electrons. The van der Waals surface area contributed by atoms with Crippen LogP contribution in [0.1, 0.15) is 6.42 Å². The summed E-state index contributed by atoms with van der Waals surface area (Å²) in [6.45, 7) is 0. The Morgan fingerprint density at radius 1 is 1.19 bits per heavy atom. The minimum atomic E-state index is -0.371. The minimum absolute atomic E-state index is 0.233. The lowest BCUT2D eigenvalue weighted by Gasteiger charge is -2.14. The summed E-state index contributed by atoms with van der Waals surface area (Å²) in [6, 6.07) is 12.6. The van der Waals surface area contributed by atoms with E-state index in [-0.39, 0.29) is 12.3 Å². The zero-order chi connectivity index (χ0) is 19.4. The van der Waals surface area contributed by atoms with Crippen LogP contribution in [0.15, 0.2) is 47.6 Å². The van der Waals surface area contributed by atoms with E-state index >= 15 is 0 Å². The van der Waals surface area contributed by atoms with Gasteiger partial charge in [-0.15, -0.1) is 10.2 Å². The number of carbonyl (C=O) groups is 1.